The Morgan fingerprint density at radius 2 is 1.67 bits per heavy atom. The molecule has 0 aliphatic carbocycles. The van der Waals surface area contributed by atoms with Gasteiger partial charge in [-0.1, -0.05) is 45.7 Å². The Morgan fingerprint density at radius 3 is 2.11 bits per heavy atom. The molecule has 102 valence electrons. The van der Waals surface area contributed by atoms with Crippen molar-refractivity contribution in [2.45, 2.75) is 46.1 Å². The lowest BCUT2D eigenvalue weighted by Gasteiger charge is -2.26. The van der Waals surface area contributed by atoms with Crippen LogP contribution in [0, 0.1) is 5.92 Å². The predicted octanol–water partition coefficient (Wildman–Crippen LogP) is 3.65. The van der Waals surface area contributed by atoms with E-state index in [2.05, 4.69) is 38.2 Å². The molecule has 1 aromatic rings. The van der Waals surface area contributed by atoms with Gasteiger partial charge in [0.05, 0.1) is 7.11 Å². The highest BCUT2D eigenvalue weighted by Crippen LogP contribution is 2.19. The second-order valence-corrected chi connectivity index (χ2v) is 4.79. The summed E-state index contributed by atoms with van der Waals surface area (Å²) >= 11 is 0. The van der Waals surface area contributed by atoms with Gasteiger partial charge >= 0.3 is 0 Å². The number of ether oxygens (including phenoxy) is 1. The molecule has 2 nitrogen and oxygen atoms in total. The topological polar surface area (TPSA) is 21.3 Å². The van der Waals surface area contributed by atoms with Crippen LogP contribution in [-0.2, 0) is 6.42 Å². The Labute approximate surface area is 112 Å². The molecule has 0 aliphatic rings. The molecule has 1 N–H and O–H groups in total. The van der Waals surface area contributed by atoms with Crippen LogP contribution >= 0.6 is 0 Å². The van der Waals surface area contributed by atoms with E-state index < -0.39 is 0 Å². The molecule has 1 atom stereocenters. The van der Waals surface area contributed by atoms with Crippen LogP contribution in [0.15, 0.2) is 24.3 Å². The normalized spacial score (nSPS) is 12.7. The van der Waals surface area contributed by atoms with Gasteiger partial charge in [-0.25, -0.2) is 0 Å². The summed E-state index contributed by atoms with van der Waals surface area (Å²) in [4.78, 5) is 0. The van der Waals surface area contributed by atoms with E-state index in [0.29, 0.717) is 6.04 Å². The SMILES string of the molecule is CCNC(Cc1ccc(OC)cc1)C(CC)CC. The minimum Gasteiger partial charge on any atom is -0.497 e. The molecule has 0 fully saturated rings. The Morgan fingerprint density at radius 1 is 1.06 bits per heavy atom. The van der Waals surface area contributed by atoms with Gasteiger partial charge in [-0.3, -0.25) is 0 Å². The van der Waals surface area contributed by atoms with Crippen molar-refractivity contribution in [2.75, 3.05) is 13.7 Å². The lowest BCUT2D eigenvalue weighted by molar-refractivity contribution is 0.336. The van der Waals surface area contributed by atoms with E-state index >= 15 is 0 Å². The molecule has 0 radical (unpaired) electrons. The van der Waals surface area contributed by atoms with Gasteiger partial charge in [0.25, 0.3) is 0 Å². The molecule has 1 unspecified atom stereocenters. The highest BCUT2D eigenvalue weighted by Gasteiger charge is 2.17. The zero-order chi connectivity index (χ0) is 13.4. The standard InChI is InChI=1S/C16H27NO/c1-5-14(6-2)16(17-7-3)12-13-8-10-15(18-4)11-9-13/h8-11,14,16-17H,5-7,12H2,1-4H3. The van der Waals surface area contributed by atoms with Crippen LogP contribution in [0.4, 0.5) is 0 Å². The molecule has 0 amide bonds. The predicted molar refractivity (Wildman–Crippen MR) is 78.2 cm³/mol. The van der Waals surface area contributed by atoms with Crippen LogP contribution in [0.2, 0.25) is 0 Å². The van der Waals surface area contributed by atoms with Crippen molar-refractivity contribution in [3.63, 3.8) is 0 Å². The zero-order valence-corrected chi connectivity index (χ0v) is 12.2. The minimum atomic E-state index is 0.582. The maximum atomic E-state index is 5.20. The molecule has 0 saturated heterocycles. The van der Waals surface area contributed by atoms with Crippen molar-refractivity contribution < 1.29 is 4.74 Å². The van der Waals surface area contributed by atoms with Crippen LogP contribution in [0.25, 0.3) is 0 Å². The number of rotatable bonds is 8. The second-order valence-electron chi connectivity index (χ2n) is 4.79. The largest absolute Gasteiger partial charge is 0.497 e. The third-order valence-electron chi connectivity index (χ3n) is 3.70. The fourth-order valence-electron chi connectivity index (χ4n) is 2.54. The number of likely N-dealkylation sites (N-methyl/N-ethyl adjacent to an activating group) is 1. The Hall–Kier alpha value is -1.02. The number of hydrogen-bond acceptors (Lipinski definition) is 2. The summed E-state index contributed by atoms with van der Waals surface area (Å²) < 4.78 is 5.20. The van der Waals surface area contributed by atoms with Crippen LogP contribution in [-0.4, -0.2) is 19.7 Å². The third-order valence-corrected chi connectivity index (χ3v) is 3.70. The van der Waals surface area contributed by atoms with Crippen LogP contribution in [0.1, 0.15) is 39.2 Å². The van der Waals surface area contributed by atoms with Gasteiger partial charge in [0.1, 0.15) is 5.75 Å². The van der Waals surface area contributed by atoms with E-state index in [1.807, 2.05) is 12.1 Å². The fourth-order valence-corrected chi connectivity index (χ4v) is 2.54. The fraction of sp³-hybridized carbons (Fsp3) is 0.625. The lowest BCUT2D eigenvalue weighted by Crippen LogP contribution is -2.37. The Kier molecular flexibility index (Phi) is 6.81. The minimum absolute atomic E-state index is 0.582. The summed E-state index contributed by atoms with van der Waals surface area (Å²) in [6.45, 7) is 7.79. The Balaban J connectivity index is 2.69. The average Bonchev–Trinajstić information content (AvgIpc) is 2.41. The Bertz CT molecular complexity index is 316. The van der Waals surface area contributed by atoms with E-state index in [1.54, 1.807) is 7.11 Å². The van der Waals surface area contributed by atoms with Gasteiger partial charge in [0, 0.05) is 6.04 Å². The first-order valence-corrected chi connectivity index (χ1v) is 7.11. The number of hydrogen-bond donors (Lipinski definition) is 1. The molecule has 0 aliphatic heterocycles. The van der Waals surface area contributed by atoms with Crippen molar-refractivity contribution in [1.82, 2.24) is 5.32 Å². The molecule has 2 heteroatoms. The van der Waals surface area contributed by atoms with Gasteiger partial charge < -0.3 is 10.1 Å². The van der Waals surface area contributed by atoms with Crippen molar-refractivity contribution in [2.24, 2.45) is 5.92 Å². The zero-order valence-electron chi connectivity index (χ0n) is 12.2. The highest BCUT2D eigenvalue weighted by molar-refractivity contribution is 5.27. The average molecular weight is 249 g/mol. The molecule has 18 heavy (non-hydrogen) atoms. The number of methoxy groups -OCH3 is 1. The summed E-state index contributed by atoms with van der Waals surface area (Å²) in [5.74, 6) is 1.69. The molecular weight excluding hydrogens is 222 g/mol. The van der Waals surface area contributed by atoms with Crippen LogP contribution in [0.3, 0.4) is 0 Å². The van der Waals surface area contributed by atoms with Crippen molar-refractivity contribution >= 4 is 0 Å². The second kappa shape index (κ2) is 8.15. The van der Waals surface area contributed by atoms with E-state index in [4.69, 9.17) is 4.74 Å². The van der Waals surface area contributed by atoms with E-state index in [9.17, 15) is 0 Å². The number of nitrogens with one attached hydrogen (secondary N) is 1. The molecule has 0 bridgehead atoms. The van der Waals surface area contributed by atoms with E-state index in [0.717, 1.165) is 24.6 Å². The summed E-state index contributed by atoms with van der Waals surface area (Å²) in [7, 11) is 1.71. The van der Waals surface area contributed by atoms with Gasteiger partial charge in [0.15, 0.2) is 0 Å². The quantitative estimate of drug-likeness (QED) is 0.759. The lowest BCUT2D eigenvalue weighted by atomic mass is 9.89. The maximum Gasteiger partial charge on any atom is 0.118 e. The van der Waals surface area contributed by atoms with Crippen molar-refractivity contribution in [3.8, 4) is 5.75 Å². The third kappa shape index (κ3) is 4.34. The molecule has 1 rings (SSSR count). The van der Waals surface area contributed by atoms with E-state index in [-0.39, 0.29) is 0 Å². The molecule has 1 aromatic carbocycles. The molecular formula is C16H27NO. The van der Waals surface area contributed by atoms with Crippen LogP contribution < -0.4 is 10.1 Å². The smallest absolute Gasteiger partial charge is 0.118 e. The van der Waals surface area contributed by atoms with Crippen molar-refractivity contribution in [1.29, 1.82) is 0 Å². The highest BCUT2D eigenvalue weighted by atomic mass is 16.5. The maximum absolute atomic E-state index is 5.20. The van der Waals surface area contributed by atoms with Gasteiger partial charge in [-0.2, -0.15) is 0 Å². The molecule has 0 heterocycles. The molecule has 0 saturated carbocycles. The summed E-state index contributed by atoms with van der Waals surface area (Å²) in [5, 5.41) is 3.63. The summed E-state index contributed by atoms with van der Waals surface area (Å²) in [6, 6.07) is 9.02. The molecule has 0 aromatic heterocycles. The van der Waals surface area contributed by atoms with Crippen molar-refractivity contribution in [3.05, 3.63) is 29.8 Å². The first kappa shape index (κ1) is 15.0. The van der Waals surface area contributed by atoms with Gasteiger partial charge in [-0.05, 0) is 36.6 Å². The molecule has 0 spiro atoms. The van der Waals surface area contributed by atoms with E-state index in [1.165, 1.54) is 18.4 Å². The monoisotopic (exact) mass is 249 g/mol. The van der Waals surface area contributed by atoms with Gasteiger partial charge in [0.2, 0.25) is 0 Å². The van der Waals surface area contributed by atoms with Gasteiger partial charge in [-0.15, -0.1) is 0 Å². The first-order chi connectivity index (χ1) is 8.74. The summed E-state index contributed by atoms with van der Waals surface area (Å²) in [5.41, 5.74) is 1.38. The number of benzene rings is 1. The van der Waals surface area contributed by atoms with Crippen LogP contribution in [0.5, 0.6) is 5.75 Å². The summed E-state index contributed by atoms with van der Waals surface area (Å²) in [6.07, 6.45) is 3.58. The first-order valence-electron chi connectivity index (χ1n) is 7.11.